The van der Waals surface area contributed by atoms with E-state index in [9.17, 15) is 19.2 Å². The Morgan fingerprint density at radius 3 is 2.73 bits per heavy atom. The number of likely N-dealkylation sites (N-methyl/N-ethyl adjacent to an activating group) is 1. The molecule has 3 rings (SSSR count). The van der Waals surface area contributed by atoms with Crippen LogP contribution in [-0.4, -0.2) is 79.9 Å². The summed E-state index contributed by atoms with van der Waals surface area (Å²) in [6.07, 6.45) is 1.20. The SMILES string of the molecule is CNCCCOCCN(C)Cc1cccc2c1C(=O)N(C1CCC(=O)NC1=O)C2=O. The first-order chi connectivity index (χ1) is 14.4. The highest BCUT2D eigenvalue weighted by Gasteiger charge is 2.45. The third-order valence-electron chi connectivity index (χ3n) is 5.33. The predicted octanol–water partition coefficient (Wildman–Crippen LogP) is 0.146. The van der Waals surface area contributed by atoms with Gasteiger partial charge >= 0.3 is 0 Å². The lowest BCUT2D eigenvalue weighted by Gasteiger charge is -2.28. The lowest BCUT2D eigenvalue weighted by atomic mass is 10.0. The second-order valence-corrected chi connectivity index (χ2v) is 7.59. The minimum atomic E-state index is -0.952. The fourth-order valence-electron chi connectivity index (χ4n) is 3.76. The number of fused-ring (bicyclic) bond motifs is 1. The third kappa shape index (κ3) is 4.75. The summed E-state index contributed by atoms with van der Waals surface area (Å²) in [7, 11) is 3.83. The lowest BCUT2D eigenvalue weighted by Crippen LogP contribution is -2.54. The zero-order valence-electron chi connectivity index (χ0n) is 17.4. The maximum Gasteiger partial charge on any atom is 0.262 e. The summed E-state index contributed by atoms with van der Waals surface area (Å²) in [6, 6.07) is 4.22. The first-order valence-corrected chi connectivity index (χ1v) is 10.2. The number of imide groups is 2. The van der Waals surface area contributed by atoms with E-state index in [0.29, 0.717) is 37.4 Å². The molecule has 0 aliphatic carbocycles. The molecule has 1 fully saturated rings. The predicted molar refractivity (Wildman–Crippen MR) is 109 cm³/mol. The van der Waals surface area contributed by atoms with Crippen LogP contribution in [-0.2, 0) is 20.9 Å². The molecule has 30 heavy (non-hydrogen) atoms. The fourth-order valence-corrected chi connectivity index (χ4v) is 3.76. The van der Waals surface area contributed by atoms with Crippen LogP contribution in [0.25, 0.3) is 0 Å². The summed E-state index contributed by atoms with van der Waals surface area (Å²) < 4.78 is 5.61. The van der Waals surface area contributed by atoms with E-state index < -0.39 is 23.8 Å². The van der Waals surface area contributed by atoms with Crippen molar-refractivity contribution >= 4 is 23.6 Å². The van der Waals surface area contributed by atoms with Gasteiger partial charge in [0.15, 0.2) is 0 Å². The zero-order valence-corrected chi connectivity index (χ0v) is 17.4. The normalized spacial score (nSPS) is 18.9. The van der Waals surface area contributed by atoms with Gasteiger partial charge in [-0.05, 0) is 45.1 Å². The molecule has 1 unspecified atom stereocenters. The Morgan fingerprint density at radius 1 is 1.20 bits per heavy atom. The Labute approximate surface area is 175 Å². The molecule has 1 saturated heterocycles. The van der Waals surface area contributed by atoms with Crippen molar-refractivity contribution in [2.75, 3.05) is 40.4 Å². The van der Waals surface area contributed by atoms with Crippen molar-refractivity contribution in [2.24, 2.45) is 0 Å². The third-order valence-corrected chi connectivity index (χ3v) is 5.33. The number of benzene rings is 1. The number of piperidine rings is 1. The molecular weight excluding hydrogens is 388 g/mol. The van der Waals surface area contributed by atoms with E-state index in [0.717, 1.165) is 23.4 Å². The van der Waals surface area contributed by atoms with Gasteiger partial charge in [-0.3, -0.25) is 34.3 Å². The Morgan fingerprint density at radius 2 is 2.00 bits per heavy atom. The van der Waals surface area contributed by atoms with E-state index in [-0.39, 0.29) is 18.7 Å². The summed E-state index contributed by atoms with van der Waals surface area (Å²) in [4.78, 5) is 52.6. The molecule has 0 aromatic heterocycles. The molecule has 1 atom stereocenters. The van der Waals surface area contributed by atoms with Crippen LogP contribution in [0.15, 0.2) is 18.2 Å². The van der Waals surface area contributed by atoms with Crippen molar-refractivity contribution in [2.45, 2.75) is 31.8 Å². The summed E-state index contributed by atoms with van der Waals surface area (Å²) >= 11 is 0. The minimum absolute atomic E-state index is 0.105. The van der Waals surface area contributed by atoms with Gasteiger partial charge < -0.3 is 10.1 Å². The number of ether oxygens (including phenoxy) is 1. The molecular formula is C21H28N4O5. The quantitative estimate of drug-likeness (QED) is 0.413. The minimum Gasteiger partial charge on any atom is -0.380 e. The van der Waals surface area contributed by atoms with E-state index in [2.05, 4.69) is 10.6 Å². The average Bonchev–Trinajstić information content (AvgIpc) is 2.96. The smallest absolute Gasteiger partial charge is 0.262 e. The van der Waals surface area contributed by atoms with Crippen LogP contribution in [0.5, 0.6) is 0 Å². The zero-order chi connectivity index (χ0) is 21.7. The van der Waals surface area contributed by atoms with Gasteiger partial charge in [-0.25, -0.2) is 0 Å². The van der Waals surface area contributed by atoms with E-state index in [1.54, 1.807) is 12.1 Å². The molecule has 1 aromatic carbocycles. The molecule has 9 heteroatoms. The van der Waals surface area contributed by atoms with Crippen molar-refractivity contribution in [3.63, 3.8) is 0 Å². The van der Waals surface area contributed by atoms with Crippen LogP contribution in [0.1, 0.15) is 45.5 Å². The van der Waals surface area contributed by atoms with E-state index in [1.165, 1.54) is 0 Å². The molecule has 1 aromatic rings. The summed E-state index contributed by atoms with van der Waals surface area (Å²) in [5.74, 6) is -1.95. The number of nitrogens with one attached hydrogen (secondary N) is 2. The monoisotopic (exact) mass is 416 g/mol. The van der Waals surface area contributed by atoms with Crippen LogP contribution in [0.3, 0.4) is 0 Å². The molecule has 9 nitrogen and oxygen atoms in total. The molecule has 0 saturated carbocycles. The molecule has 2 N–H and O–H groups in total. The van der Waals surface area contributed by atoms with Crippen LogP contribution in [0.4, 0.5) is 0 Å². The fraction of sp³-hybridized carbons (Fsp3) is 0.524. The number of amides is 4. The van der Waals surface area contributed by atoms with E-state index >= 15 is 0 Å². The van der Waals surface area contributed by atoms with Gasteiger partial charge in [0.1, 0.15) is 6.04 Å². The maximum absolute atomic E-state index is 13.1. The maximum atomic E-state index is 13.1. The van der Waals surface area contributed by atoms with Crippen LogP contribution < -0.4 is 10.6 Å². The highest BCUT2D eigenvalue weighted by molar-refractivity contribution is 6.24. The van der Waals surface area contributed by atoms with Crippen LogP contribution in [0, 0.1) is 0 Å². The Kier molecular flexibility index (Phi) is 7.30. The number of nitrogens with zero attached hydrogens (tertiary/aromatic N) is 2. The highest BCUT2D eigenvalue weighted by atomic mass is 16.5. The first kappa shape index (κ1) is 22.1. The van der Waals surface area contributed by atoms with Crippen molar-refractivity contribution in [1.29, 1.82) is 0 Å². The molecule has 4 amide bonds. The Bertz CT molecular complexity index is 841. The highest BCUT2D eigenvalue weighted by Crippen LogP contribution is 2.30. The second-order valence-electron chi connectivity index (χ2n) is 7.59. The number of hydrogen-bond acceptors (Lipinski definition) is 7. The lowest BCUT2D eigenvalue weighted by molar-refractivity contribution is -0.136. The summed E-state index contributed by atoms with van der Waals surface area (Å²) in [5, 5.41) is 5.28. The number of rotatable bonds is 10. The van der Waals surface area contributed by atoms with Gasteiger partial charge in [0.2, 0.25) is 11.8 Å². The van der Waals surface area contributed by atoms with Gasteiger partial charge in [0.25, 0.3) is 11.8 Å². The Hall–Kier alpha value is -2.62. The van der Waals surface area contributed by atoms with Gasteiger partial charge in [-0.2, -0.15) is 0 Å². The largest absolute Gasteiger partial charge is 0.380 e. The van der Waals surface area contributed by atoms with Gasteiger partial charge in [0.05, 0.1) is 17.7 Å². The van der Waals surface area contributed by atoms with Crippen molar-refractivity contribution in [1.82, 2.24) is 20.4 Å². The molecule has 0 bridgehead atoms. The topological polar surface area (TPSA) is 108 Å². The standard InChI is InChI=1S/C21H28N4O5/c1-22-9-4-11-30-12-10-24(2)13-14-5-3-6-15-18(14)21(29)25(20(15)28)16-7-8-17(26)23-19(16)27/h3,5-6,16,22H,4,7-13H2,1-2H3,(H,23,26,27). The van der Waals surface area contributed by atoms with Gasteiger partial charge in [0, 0.05) is 26.1 Å². The molecule has 0 spiro atoms. The van der Waals surface area contributed by atoms with Crippen LogP contribution >= 0.6 is 0 Å². The van der Waals surface area contributed by atoms with E-state index in [4.69, 9.17) is 4.74 Å². The first-order valence-electron chi connectivity index (χ1n) is 10.2. The second kappa shape index (κ2) is 9.92. The van der Waals surface area contributed by atoms with Crippen molar-refractivity contribution in [3.8, 4) is 0 Å². The van der Waals surface area contributed by atoms with Crippen molar-refractivity contribution in [3.05, 3.63) is 34.9 Å². The number of carbonyl (C=O) groups excluding carboxylic acids is 4. The van der Waals surface area contributed by atoms with Gasteiger partial charge in [-0.1, -0.05) is 12.1 Å². The number of carbonyl (C=O) groups is 4. The van der Waals surface area contributed by atoms with E-state index in [1.807, 2.05) is 25.1 Å². The number of hydrogen-bond donors (Lipinski definition) is 2. The molecule has 162 valence electrons. The van der Waals surface area contributed by atoms with Crippen molar-refractivity contribution < 1.29 is 23.9 Å². The summed E-state index contributed by atoms with van der Waals surface area (Å²) in [5.41, 5.74) is 1.38. The Balaban J connectivity index is 1.66. The molecule has 0 radical (unpaired) electrons. The summed E-state index contributed by atoms with van der Waals surface area (Å²) in [6.45, 7) is 3.33. The van der Waals surface area contributed by atoms with Gasteiger partial charge in [-0.15, -0.1) is 0 Å². The molecule has 2 aliphatic rings. The molecule has 2 heterocycles. The average molecular weight is 416 g/mol. The molecule has 2 aliphatic heterocycles. The van der Waals surface area contributed by atoms with Crippen LogP contribution in [0.2, 0.25) is 0 Å².